The molecular formula is C22H34O7. The van der Waals surface area contributed by atoms with Crippen molar-refractivity contribution in [3.8, 4) is 0 Å². The summed E-state index contributed by atoms with van der Waals surface area (Å²) in [7, 11) is 0. The Hall–Kier alpha value is -1.18. The molecule has 0 bridgehead atoms. The Bertz CT molecular complexity index is 671. The van der Waals surface area contributed by atoms with Crippen molar-refractivity contribution in [3.05, 3.63) is 0 Å². The van der Waals surface area contributed by atoms with Crippen molar-refractivity contribution in [2.45, 2.75) is 110 Å². The molecule has 7 nitrogen and oxygen atoms in total. The molecule has 3 heterocycles. The first-order valence-corrected chi connectivity index (χ1v) is 10.9. The zero-order chi connectivity index (χ0) is 21.2. The van der Waals surface area contributed by atoms with Gasteiger partial charge in [-0.05, 0) is 44.4 Å². The minimum atomic E-state index is -1.07. The zero-order valence-corrected chi connectivity index (χ0v) is 18.4. The van der Waals surface area contributed by atoms with Crippen LogP contribution in [-0.2, 0) is 33.3 Å². The predicted octanol–water partition coefficient (Wildman–Crippen LogP) is 3.33. The van der Waals surface area contributed by atoms with Gasteiger partial charge in [0.25, 0.3) is 0 Å². The van der Waals surface area contributed by atoms with E-state index >= 15 is 0 Å². The van der Waals surface area contributed by atoms with Crippen molar-refractivity contribution in [1.82, 2.24) is 0 Å². The summed E-state index contributed by atoms with van der Waals surface area (Å²) >= 11 is 0. The van der Waals surface area contributed by atoms with Crippen molar-refractivity contribution < 1.29 is 33.3 Å². The van der Waals surface area contributed by atoms with Crippen LogP contribution in [0.3, 0.4) is 0 Å². The van der Waals surface area contributed by atoms with Crippen LogP contribution >= 0.6 is 0 Å². The van der Waals surface area contributed by atoms with E-state index in [-0.39, 0.29) is 5.41 Å². The maximum absolute atomic E-state index is 12.4. The Morgan fingerprint density at radius 1 is 1.07 bits per heavy atom. The number of rotatable bonds is 3. The first-order chi connectivity index (χ1) is 13.5. The number of hydrogen-bond acceptors (Lipinski definition) is 7. The van der Waals surface area contributed by atoms with Gasteiger partial charge in [0, 0.05) is 12.8 Å². The highest BCUT2D eigenvalue weighted by atomic mass is 16.9. The van der Waals surface area contributed by atoms with Crippen LogP contribution in [0.4, 0.5) is 0 Å². The summed E-state index contributed by atoms with van der Waals surface area (Å²) in [5.74, 6) is -1.03. The monoisotopic (exact) mass is 410 g/mol. The van der Waals surface area contributed by atoms with Crippen LogP contribution in [0.1, 0.15) is 73.6 Å². The third-order valence-electron chi connectivity index (χ3n) is 7.31. The summed E-state index contributed by atoms with van der Waals surface area (Å²) in [5.41, 5.74) is -0.405. The van der Waals surface area contributed by atoms with Gasteiger partial charge in [0.1, 0.15) is 6.10 Å². The summed E-state index contributed by atoms with van der Waals surface area (Å²) in [4.78, 5) is 24.8. The van der Waals surface area contributed by atoms with Gasteiger partial charge in [0.05, 0.1) is 5.41 Å². The van der Waals surface area contributed by atoms with Gasteiger partial charge in [-0.2, -0.15) is 0 Å². The molecule has 5 atom stereocenters. The van der Waals surface area contributed by atoms with Crippen LogP contribution in [-0.4, -0.2) is 48.4 Å². The Kier molecular flexibility index (Phi) is 5.03. The number of ether oxygens (including phenoxy) is 5. The highest BCUT2D eigenvalue weighted by Gasteiger charge is 2.66. The normalized spacial score (nSPS) is 41.9. The quantitative estimate of drug-likeness (QED) is 0.660. The first kappa shape index (κ1) is 21.1. The highest BCUT2D eigenvalue weighted by molar-refractivity contribution is 5.84. The van der Waals surface area contributed by atoms with E-state index in [4.69, 9.17) is 23.7 Å². The number of hydrogen-bond donors (Lipinski definition) is 0. The molecule has 1 spiro atoms. The van der Waals surface area contributed by atoms with E-state index in [9.17, 15) is 9.59 Å². The topological polar surface area (TPSA) is 80.3 Å². The fourth-order valence-corrected chi connectivity index (χ4v) is 4.76. The molecule has 4 rings (SSSR count). The van der Waals surface area contributed by atoms with Crippen molar-refractivity contribution in [2.75, 3.05) is 0 Å². The second kappa shape index (κ2) is 6.92. The molecule has 3 aliphatic heterocycles. The van der Waals surface area contributed by atoms with Gasteiger partial charge in [-0.1, -0.05) is 27.7 Å². The standard InChI is InChI=1S/C22H34O7/c1-7-21(5,6)19(24)27-15-13-14(25-17(15)23)16-18(26-13)29-22(28-16)10-8-12(9-11-22)20(2,3)4/h12-16,18H,7-11H2,1-6H3/t12?,13?,14-,15-,16+,18+,22?/m0/s1. The van der Waals surface area contributed by atoms with Gasteiger partial charge in [-0.3, -0.25) is 4.79 Å². The number of carbonyl (C=O) groups excluding carboxylic acids is 2. The molecule has 4 fully saturated rings. The Morgan fingerprint density at radius 3 is 2.31 bits per heavy atom. The minimum Gasteiger partial charge on any atom is -0.454 e. The lowest BCUT2D eigenvalue weighted by atomic mass is 9.71. The van der Waals surface area contributed by atoms with E-state index < -0.39 is 53.8 Å². The molecule has 4 aliphatic rings. The average Bonchev–Trinajstić information content (AvgIpc) is 3.23. The van der Waals surface area contributed by atoms with Gasteiger partial charge >= 0.3 is 11.9 Å². The predicted molar refractivity (Wildman–Crippen MR) is 103 cm³/mol. The average molecular weight is 411 g/mol. The fourth-order valence-electron chi connectivity index (χ4n) is 4.76. The molecule has 0 aromatic carbocycles. The molecule has 1 saturated carbocycles. The number of carbonyl (C=O) groups is 2. The molecular weight excluding hydrogens is 376 g/mol. The van der Waals surface area contributed by atoms with Gasteiger partial charge in [0.2, 0.25) is 6.10 Å². The van der Waals surface area contributed by atoms with Crippen molar-refractivity contribution in [3.63, 3.8) is 0 Å². The molecule has 0 aromatic rings. The number of fused-ring (bicyclic) bond motifs is 3. The molecule has 29 heavy (non-hydrogen) atoms. The summed E-state index contributed by atoms with van der Waals surface area (Å²) in [6, 6.07) is 0. The molecule has 164 valence electrons. The lowest BCUT2D eigenvalue weighted by molar-refractivity contribution is -0.251. The Balaban J connectivity index is 1.40. The fraction of sp³-hybridized carbons (Fsp3) is 0.909. The lowest BCUT2D eigenvalue weighted by Crippen LogP contribution is -2.43. The van der Waals surface area contributed by atoms with E-state index in [0.717, 1.165) is 25.7 Å². The van der Waals surface area contributed by atoms with Crippen LogP contribution in [0.25, 0.3) is 0 Å². The Morgan fingerprint density at radius 2 is 1.72 bits per heavy atom. The third-order valence-corrected chi connectivity index (χ3v) is 7.31. The maximum Gasteiger partial charge on any atom is 0.350 e. The molecule has 0 radical (unpaired) electrons. The highest BCUT2D eigenvalue weighted by Crippen LogP contribution is 2.51. The molecule has 3 saturated heterocycles. The summed E-state index contributed by atoms with van der Waals surface area (Å²) in [6.07, 6.45) is 0.864. The number of esters is 2. The molecule has 1 unspecified atom stereocenters. The van der Waals surface area contributed by atoms with E-state index in [1.807, 2.05) is 6.92 Å². The van der Waals surface area contributed by atoms with Crippen LogP contribution in [0.2, 0.25) is 0 Å². The van der Waals surface area contributed by atoms with Crippen LogP contribution in [0, 0.1) is 16.7 Å². The molecule has 7 heteroatoms. The largest absolute Gasteiger partial charge is 0.454 e. The van der Waals surface area contributed by atoms with Gasteiger partial charge < -0.3 is 23.7 Å². The van der Waals surface area contributed by atoms with Crippen LogP contribution in [0.15, 0.2) is 0 Å². The first-order valence-electron chi connectivity index (χ1n) is 10.9. The van der Waals surface area contributed by atoms with E-state index in [1.165, 1.54) is 0 Å². The van der Waals surface area contributed by atoms with Crippen LogP contribution < -0.4 is 0 Å². The third kappa shape index (κ3) is 3.59. The van der Waals surface area contributed by atoms with Crippen LogP contribution in [0.5, 0.6) is 0 Å². The van der Waals surface area contributed by atoms with Gasteiger partial charge in [-0.25, -0.2) is 4.79 Å². The smallest absolute Gasteiger partial charge is 0.350 e. The summed E-state index contributed by atoms with van der Waals surface area (Å²) in [6.45, 7) is 12.3. The van der Waals surface area contributed by atoms with E-state index in [0.29, 0.717) is 12.3 Å². The molecule has 0 aromatic heterocycles. The SMILES string of the molecule is CCC(C)(C)C(=O)O[C@@H]1C(=O)O[C@H]2C1O[C@@H]1OC3(CCC(C(C)(C)C)CC3)O[C@@H]12. The van der Waals surface area contributed by atoms with Crippen molar-refractivity contribution >= 4 is 11.9 Å². The van der Waals surface area contributed by atoms with Crippen molar-refractivity contribution in [1.29, 1.82) is 0 Å². The maximum atomic E-state index is 12.4. The molecule has 0 amide bonds. The minimum absolute atomic E-state index is 0.266. The zero-order valence-electron chi connectivity index (χ0n) is 18.4. The molecule has 1 aliphatic carbocycles. The summed E-state index contributed by atoms with van der Waals surface area (Å²) < 4.78 is 29.5. The second-order valence-corrected chi connectivity index (χ2v) is 10.7. The lowest BCUT2D eigenvalue weighted by Gasteiger charge is -2.41. The van der Waals surface area contributed by atoms with E-state index in [1.54, 1.807) is 13.8 Å². The Labute approximate surface area is 172 Å². The van der Waals surface area contributed by atoms with Gasteiger partial charge in [0.15, 0.2) is 24.3 Å². The molecule has 0 N–H and O–H groups in total. The van der Waals surface area contributed by atoms with E-state index in [2.05, 4.69) is 20.8 Å². The van der Waals surface area contributed by atoms with Gasteiger partial charge in [-0.15, -0.1) is 0 Å². The van der Waals surface area contributed by atoms with Crippen molar-refractivity contribution in [2.24, 2.45) is 16.7 Å². The summed E-state index contributed by atoms with van der Waals surface area (Å²) in [5, 5.41) is 0. The second-order valence-electron chi connectivity index (χ2n) is 10.7.